The number of hydrogen-bond acceptors (Lipinski definition) is 4. The van der Waals surface area contributed by atoms with Crippen LogP contribution in [0.2, 0.25) is 0 Å². The van der Waals surface area contributed by atoms with Gasteiger partial charge in [-0.1, -0.05) is 34.4 Å². The number of carbonyl (C=O) groups is 2. The van der Waals surface area contributed by atoms with Crippen LogP contribution < -0.4 is 0 Å². The summed E-state index contributed by atoms with van der Waals surface area (Å²) in [5, 5.41) is 0. The molecule has 136 valence electrons. The minimum atomic E-state index is -0.701. The Morgan fingerprint density at radius 3 is 1.17 bits per heavy atom. The van der Waals surface area contributed by atoms with Crippen LogP contribution in [0.5, 0.6) is 0 Å². The number of halogens is 3. The Hall–Kier alpha value is 0.392. The van der Waals surface area contributed by atoms with Gasteiger partial charge in [0.2, 0.25) is 0 Å². The molecule has 0 atom stereocenters. The zero-order valence-corrected chi connectivity index (χ0v) is 19.5. The van der Waals surface area contributed by atoms with E-state index >= 15 is 0 Å². The van der Waals surface area contributed by atoms with Crippen molar-refractivity contribution >= 4 is 62.8 Å². The molecular weight excluding hydrogens is 511 g/mol. The first-order chi connectivity index (χ1) is 10.2. The van der Waals surface area contributed by atoms with Crippen molar-refractivity contribution in [2.75, 3.05) is 13.2 Å². The molecule has 0 saturated carbocycles. The van der Waals surface area contributed by atoms with E-state index in [1.54, 1.807) is 13.8 Å². The Bertz CT molecular complexity index is 315. The molecule has 0 aliphatic rings. The number of esters is 2. The van der Waals surface area contributed by atoms with Gasteiger partial charge >= 0.3 is 20.6 Å². The molecule has 0 fully saturated rings. The third-order valence-electron chi connectivity index (χ3n) is 1.98. The maximum Gasteiger partial charge on any atom is 0.542 e. The third kappa shape index (κ3) is 27.5. The molecule has 0 aromatic carbocycles. The average molecular weight is 539 g/mol. The van der Waals surface area contributed by atoms with Crippen LogP contribution >= 0.6 is 42.2 Å². The van der Waals surface area contributed by atoms with E-state index in [4.69, 9.17) is 0 Å². The van der Waals surface area contributed by atoms with Gasteiger partial charge in [0.25, 0.3) is 0 Å². The quantitative estimate of drug-likeness (QED) is 0.243. The Labute approximate surface area is 166 Å². The lowest BCUT2D eigenvalue weighted by Crippen LogP contribution is -2.05. The van der Waals surface area contributed by atoms with E-state index in [0.717, 1.165) is 0 Å². The molecule has 0 unspecified atom stereocenters. The number of ether oxygens (including phenoxy) is 2. The highest BCUT2D eigenvalue weighted by molar-refractivity contribution is 9.69. The molecule has 0 heterocycles. The fourth-order valence-corrected chi connectivity index (χ4v) is 0.755. The highest BCUT2D eigenvalue weighted by Crippen LogP contribution is 2.07. The second-order valence-electron chi connectivity index (χ2n) is 3.60. The predicted molar refractivity (Wildman–Crippen MR) is 111 cm³/mol. The molecule has 0 aliphatic carbocycles. The molecule has 0 bridgehead atoms. The first-order valence-electron chi connectivity index (χ1n) is 6.79. The number of carbonyl (C=O) groups excluding carboxylic acids is 2. The van der Waals surface area contributed by atoms with Crippen molar-refractivity contribution in [1.82, 2.24) is 0 Å². The van der Waals surface area contributed by atoms with E-state index < -0.39 is 8.67 Å². The number of rotatable bonds is 6. The highest BCUT2D eigenvalue weighted by Gasteiger charge is 2.03. The first-order valence-corrected chi connectivity index (χ1v) is 16.3. The van der Waals surface area contributed by atoms with E-state index in [9.17, 15) is 9.59 Å². The zero-order chi connectivity index (χ0) is 18.1. The fourth-order valence-electron chi connectivity index (χ4n) is 0.755. The lowest BCUT2D eigenvalue weighted by atomic mass is 10.2. The molecule has 0 amide bonds. The van der Waals surface area contributed by atoms with Crippen molar-refractivity contribution in [3.05, 3.63) is 24.3 Å². The molecule has 0 saturated heterocycles. The van der Waals surface area contributed by atoms with Gasteiger partial charge in [0.05, 0.1) is 13.2 Å². The van der Waals surface area contributed by atoms with Gasteiger partial charge < -0.3 is 9.47 Å². The summed E-state index contributed by atoms with van der Waals surface area (Å²) >= 11 is 9.73. The molecule has 0 aromatic rings. The minimum Gasteiger partial charge on any atom is -0.463 e. The van der Waals surface area contributed by atoms with Gasteiger partial charge in [-0.15, -0.1) is 0 Å². The molecule has 0 N–H and O–H groups in total. The van der Waals surface area contributed by atoms with Crippen LogP contribution in [0.15, 0.2) is 24.3 Å². The second-order valence-corrected chi connectivity index (χ2v) is 23.4. The summed E-state index contributed by atoms with van der Waals surface area (Å²) in [5.41, 5.74) is 1.08. The van der Waals surface area contributed by atoms with E-state index in [1.807, 2.05) is 13.8 Å². The van der Waals surface area contributed by atoms with Crippen LogP contribution in [-0.4, -0.2) is 33.8 Å². The maximum absolute atomic E-state index is 10.7. The largest absolute Gasteiger partial charge is 0.542 e. The number of hydrogen-bond donors (Lipinski definition) is 0. The van der Waals surface area contributed by atoms with Gasteiger partial charge in [0, 0.05) is 11.1 Å². The molecule has 8 heteroatoms. The summed E-state index contributed by atoms with van der Waals surface area (Å²) < 4.78 is 9.31. The van der Waals surface area contributed by atoms with Crippen LogP contribution in [0.1, 0.15) is 48.0 Å². The molecule has 0 radical (unpaired) electrons. The van der Waals surface area contributed by atoms with E-state index in [-0.39, 0.29) is 19.4 Å². The Balaban J connectivity index is -0.000000124. The fraction of sp³-hybridized carbons (Fsp3) is 0.600. The highest BCUT2D eigenvalue weighted by atomic mass is 80.0. The normalized spacial score (nSPS) is 7.96. The molecule has 0 aromatic heterocycles. The maximum atomic E-state index is 10.7. The zero-order valence-electron chi connectivity index (χ0n) is 13.6. The van der Waals surface area contributed by atoms with Crippen LogP contribution in [0.4, 0.5) is 0 Å². The van der Waals surface area contributed by atoms with Crippen molar-refractivity contribution in [2.24, 2.45) is 0 Å². The van der Waals surface area contributed by atoms with Crippen molar-refractivity contribution in [1.29, 1.82) is 0 Å². The van der Waals surface area contributed by atoms with Gasteiger partial charge in [0.1, 0.15) is 0 Å². The molecule has 23 heavy (non-hydrogen) atoms. The lowest BCUT2D eigenvalue weighted by Gasteiger charge is -1.99. The summed E-state index contributed by atoms with van der Waals surface area (Å²) in [6.07, 6.45) is 1.33. The van der Waals surface area contributed by atoms with Crippen molar-refractivity contribution < 1.29 is 19.1 Å². The lowest BCUT2D eigenvalue weighted by molar-refractivity contribution is -0.139. The third-order valence-corrected chi connectivity index (χ3v) is 1.98. The van der Waals surface area contributed by atoms with Crippen LogP contribution in [0, 0.1) is 0 Å². The Morgan fingerprint density at radius 2 is 1.04 bits per heavy atom. The van der Waals surface area contributed by atoms with E-state index in [2.05, 4.69) is 64.8 Å². The minimum absolute atomic E-state index is 0. The Morgan fingerprint density at radius 1 is 0.826 bits per heavy atom. The Kier molecular flexibility index (Phi) is 30.4. The summed E-state index contributed by atoms with van der Waals surface area (Å²) in [4.78, 5) is 21.3. The van der Waals surface area contributed by atoms with Crippen molar-refractivity contribution in [3.63, 3.8) is 0 Å². The predicted octanol–water partition coefficient (Wildman–Crippen LogP) is 5.82. The first kappa shape index (κ1) is 31.2. The summed E-state index contributed by atoms with van der Waals surface area (Å²) in [6.45, 7) is 15.2. The van der Waals surface area contributed by atoms with Crippen molar-refractivity contribution in [3.8, 4) is 0 Å². The van der Waals surface area contributed by atoms with Crippen molar-refractivity contribution in [2.45, 2.75) is 48.0 Å². The molecule has 0 aliphatic heterocycles. The standard InChI is InChI=1S/2C7H12O2.CH4.Al.3BrH/c2*1-4-6(3)7(8)9-5-2;;;;;/h2*3-5H2,1-2H3;1H4;;3*1H/q;;;+3;;;/p-3. The average Bonchev–Trinajstić information content (AvgIpc) is 2.46. The second kappa shape index (κ2) is 22.4. The van der Waals surface area contributed by atoms with Gasteiger partial charge in [-0.3, -0.25) is 0 Å². The molecule has 0 spiro atoms. The van der Waals surface area contributed by atoms with Crippen LogP contribution in [0.3, 0.4) is 0 Å². The van der Waals surface area contributed by atoms with E-state index in [0.29, 0.717) is 37.2 Å². The van der Waals surface area contributed by atoms with Gasteiger partial charge in [0.15, 0.2) is 0 Å². The SMILES string of the molecule is C.C=C(CC)C(=O)OCC.C=C(CC)C(=O)OCC.[Br][Al]([Br])[Br]. The summed E-state index contributed by atoms with van der Waals surface area (Å²) in [5.74, 6) is -0.556. The van der Waals surface area contributed by atoms with Gasteiger partial charge in [-0.25, -0.2) is 9.59 Å². The van der Waals surface area contributed by atoms with Gasteiger partial charge in [-0.2, -0.15) is 42.2 Å². The summed E-state index contributed by atoms with van der Waals surface area (Å²) in [6, 6.07) is 0. The van der Waals surface area contributed by atoms with E-state index in [1.165, 1.54) is 0 Å². The smallest absolute Gasteiger partial charge is 0.463 e. The molecule has 0 rings (SSSR count). The van der Waals surface area contributed by atoms with Gasteiger partial charge in [-0.05, 0) is 26.7 Å². The van der Waals surface area contributed by atoms with Crippen LogP contribution in [0.25, 0.3) is 0 Å². The summed E-state index contributed by atoms with van der Waals surface area (Å²) in [7, 11) is -0.701. The molecule has 4 nitrogen and oxygen atoms in total. The topological polar surface area (TPSA) is 52.6 Å². The molecular formula is C15H28AlBr3O4. The van der Waals surface area contributed by atoms with Crippen LogP contribution in [-0.2, 0) is 19.1 Å². The monoisotopic (exact) mass is 536 g/mol.